The van der Waals surface area contributed by atoms with E-state index in [1.807, 2.05) is 63.2 Å². The molecule has 5 nitrogen and oxygen atoms in total. The van der Waals surface area contributed by atoms with Gasteiger partial charge in [0.1, 0.15) is 5.75 Å². The topological polar surface area (TPSA) is 66.5 Å². The Morgan fingerprint density at radius 1 is 1.16 bits per heavy atom. The Hall–Kier alpha value is -3.08. The largest absolute Gasteiger partial charge is 0.483 e. The minimum atomic E-state index is -0.297. The van der Waals surface area contributed by atoms with E-state index in [4.69, 9.17) is 4.74 Å². The first-order valence-electron chi connectivity index (χ1n) is 8.14. The molecule has 0 unspecified atom stereocenters. The predicted molar refractivity (Wildman–Crippen MR) is 100 cm³/mol. The van der Waals surface area contributed by atoms with Crippen molar-refractivity contribution in [1.29, 1.82) is 0 Å². The molecular weight excluding hydrogens is 314 g/mol. The molecule has 2 aromatic carbocycles. The molecule has 2 N–H and O–H groups in total. The zero-order valence-corrected chi connectivity index (χ0v) is 14.6. The standard InChI is InChI=1S/C20H21N3O2/c1-13-7-6-10-19(14(13)2)25-12-20(24)23-21-11-17-15(3)22-18-9-5-4-8-16(17)18/h4-11,22H,12H2,1-3H3,(H,23,24)/b21-11-. The van der Waals surface area contributed by atoms with Gasteiger partial charge in [0.2, 0.25) is 0 Å². The molecule has 0 bridgehead atoms. The molecule has 3 aromatic rings. The number of aromatic amines is 1. The van der Waals surface area contributed by atoms with Crippen molar-refractivity contribution in [3.63, 3.8) is 0 Å². The molecule has 1 heterocycles. The van der Waals surface area contributed by atoms with Gasteiger partial charge in [0.15, 0.2) is 6.61 Å². The SMILES string of the molecule is Cc1cccc(OCC(=O)N/N=C\c2c(C)[nH]c3ccccc23)c1C. The third-order valence-corrected chi connectivity index (χ3v) is 4.24. The van der Waals surface area contributed by atoms with Crippen LogP contribution in [0.5, 0.6) is 5.75 Å². The Morgan fingerprint density at radius 3 is 2.80 bits per heavy atom. The Balaban J connectivity index is 1.61. The number of hydrazone groups is 1. The van der Waals surface area contributed by atoms with Crippen LogP contribution < -0.4 is 10.2 Å². The Bertz CT molecular complexity index is 941. The molecular formula is C20H21N3O2. The van der Waals surface area contributed by atoms with Crippen molar-refractivity contribution in [3.8, 4) is 5.75 Å². The summed E-state index contributed by atoms with van der Waals surface area (Å²) in [6, 6.07) is 13.8. The number of hydrogen-bond acceptors (Lipinski definition) is 3. The highest BCUT2D eigenvalue weighted by molar-refractivity contribution is 6.00. The molecule has 0 fully saturated rings. The van der Waals surface area contributed by atoms with Gasteiger partial charge in [-0.15, -0.1) is 0 Å². The number of carbonyl (C=O) groups excluding carboxylic acids is 1. The van der Waals surface area contributed by atoms with Gasteiger partial charge >= 0.3 is 0 Å². The van der Waals surface area contributed by atoms with Gasteiger partial charge in [0, 0.05) is 22.2 Å². The third kappa shape index (κ3) is 3.71. The number of aryl methyl sites for hydroxylation is 2. The number of aromatic nitrogens is 1. The van der Waals surface area contributed by atoms with Crippen molar-refractivity contribution in [2.75, 3.05) is 6.61 Å². The lowest BCUT2D eigenvalue weighted by molar-refractivity contribution is -0.123. The second-order valence-electron chi connectivity index (χ2n) is 5.99. The number of nitrogens with zero attached hydrogens (tertiary/aromatic N) is 1. The average molecular weight is 335 g/mol. The summed E-state index contributed by atoms with van der Waals surface area (Å²) in [5.41, 5.74) is 7.69. The number of fused-ring (bicyclic) bond motifs is 1. The molecule has 5 heteroatoms. The van der Waals surface area contributed by atoms with Crippen LogP contribution in [0.2, 0.25) is 0 Å². The predicted octanol–water partition coefficient (Wildman–Crippen LogP) is 3.62. The number of rotatable bonds is 5. The summed E-state index contributed by atoms with van der Waals surface area (Å²) >= 11 is 0. The van der Waals surface area contributed by atoms with Crippen molar-refractivity contribution in [2.24, 2.45) is 5.10 Å². The first-order valence-corrected chi connectivity index (χ1v) is 8.14. The van der Waals surface area contributed by atoms with E-state index in [1.54, 1.807) is 6.21 Å². The van der Waals surface area contributed by atoms with Crippen LogP contribution in [0.3, 0.4) is 0 Å². The lowest BCUT2D eigenvalue weighted by atomic mass is 10.1. The highest BCUT2D eigenvalue weighted by Gasteiger charge is 2.07. The smallest absolute Gasteiger partial charge is 0.277 e. The van der Waals surface area contributed by atoms with E-state index in [0.29, 0.717) is 5.75 Å². The Kier molecular flexibility index (Phi) is 4.84. The van der Waals surface area contributed by atoms with E-state index in [0.717, 1.165) is 33.3 Å². The Labute approximate surface area is 146 Å². The monoisotopic (exact) mass is 335 g/mol. The zero-order chi connectivity index (χ0) is 17.8. The highest BCUT2D eigenvalue weighted by Crippen LogP contribution is 2.21. The summed E-state index contributed by atoms with van der Waals surface area (Å²) in [6.07, 6.45) is 1.66. The van der Waals surface area contributed by atoms with Gasteiger partial charge in [-0.05, 0) is 44.0 Å². The van der Waals surface area contributed by atoms with Crippen LogP contribution in [0, 0.1) is 20.8 Å². The van der Waals surface area contributed by atoms with Crippen molar-refractivity contribution >= 4 is 23.0 Å². The van der Waals surface area contributed by atoms with Crippen LogP contribution in [0.15, 0.2) is 47.6 Å². The molecule has 0 saturated carbocycles. The number of ether oxygens (including phenoxy) is 1. The minimum Gasteiger partial charge on any atom is -0.483 e. The van der Waals surface area contributed by atoms with Crippen molar-refractivity contribution < 1.29 is 9.53 Å². The molecule has 128 valence electrons. The summed E-state index contributed by atoms with van der Waals surface area (Å²) in [5, 5.41) is 5.13. The molecule has 3 rings (SSSR count). The maximum atomic E-state index is 11.9. The van der Waals surface area contributed by atoms with Crippen molar-refractivity contribution in [3.05, 3.63) is 64.8 Å². The molecule has 0 atom stereocenters. The van der Waals surface area contributed by atoms with E-state index in [1.165, 1.54) is 0 Å². The number of hydrogen-bond donors (Lipinski definition) is 2. The van der Waals surface area contributed by atoms with E-state index in [2.05, 4.69) is 15.5 Å². The van der Waals surface area contributed by atoms with Crippen LogP contribution >= 0.6 is 0 Å². The van der Waals surface area contributed by atoms with Crippen LogP contribution in [0.1, 0.15) is 22.4 Å². The Morgan fingerprint density at radius 2 is 1.96 bits per heavy atom. The molecule has 0 spiro atoms. The maximum Gasteiger partial charge on any atom is 0.277 e. The molecule has 1 aromatic heterocycles. The van der Waals surface area contributed by atoms with Gasteiger partial charge in [-0.3, -0.25) is 4.79 Å². The fourth-order valence-electron chi connectivity index (χ4n) is 2.69. The summed E-state index contributed by atoms with van der Waals surface area (Å²) < 4.78 is 5.57. The van der Waals surface area contributed by atoms with Gasteiger partial charge in [0.05, 0.1) is 6.21 Å². The molecule has 0 aliphatic carbocycles. The molecule has 25 heavy (non-hydrogen) atoms. The second-order valence-corrected chi connectivity index (χ2v) is 5.99. The maximum absolute atomic E-state index is 11.9. The van der Waals surface area contributed by atoms with Crippen LogP contribution in [-0.2, 0) is 4.79 Å². The van der Waals surface area contributed by atoms with Crippen molar-refractivity contribution in [1.82, 2.24) is 10.4 Å². The summed E-state index contributed by atoms with van der Waals surface area (Å²) in [4.78, 5) is 15.2. The summed E-state index contributed by atoms with van der Waals surface area (Å²) in [7, 11) is 0. The van der Waals surface area contributed by atoms with E-state index < -0.39 is 0 Å². The average Bonchev–Trinajstić information content (AvgIpc) is 2.92. The summed E-state index contributed by atoms with van der Waals surface area (Å²) in [5.74, 6) is 0.418. The van der Waals surface area contributed by atoms with E-state index >= 15 is 0 Å². The zero-order valence-electron chi connectivity index (χ0n) is 14.6. The minimum absolute atomic E-state index is 0.0749. The number of amides is 1. The van der Waals surface area contributed by atoms with Crippen LogP contribution in [-0.4, -0.2) is 23.7 Å². The molecule has 0 aliphatic rings. The fraction of sp³-hybridized carbons (Fsp3) is 0.200. The van der Waals surface area contributed by atoms with Gasteiger partial charge in [-0.1, -0.05) is 30.3 Å². The van der Waals surface area contributed by atoms with Crippen LogP contribution in [0.4, 0.5) is 0 Å². The number of carbonyl (C=O) groups is 1. The molecule has 1 amide bonds. The highest BCUT2D eigenvalue weighted by atomic mass is 16.5. The van der Waals surface area contributed by atoms with Crippen molar-refractivity contribution in [2.45, 2.75) is 20.8 Å². The van der Waals surface area contributed by atoms with Gasteiger partial charge in [-0.2, -0.15) is 5.10 Å². The number of nitrogens with one attached hydrogen (secondary N) is 2. The number of para-hydroxylation sites is 1. The number of H-pyrrole nitrogens is 1. The van der Waals surface area contributed by atoms with Gasteiger partial charge in [-0.25, -0.2) is 5.43 Å². The van der Waals surface area contributed by atoms with E-state index in [-0.39, 0.29) is 12.5 Å². The normalized spacial score (nSPS) is 11.2. The van der Waals surface area contributed by atoms with Crippen LogP contribution in [0.25, 0.3) is 10.9 Å². The molecule has 0 aliphatic heterocycles. The number of benzene rings is 2. The molecule has 0 saturated heterocycles. The first-order chi connectivity index (χ1) is 12.1. The fourth-order valence-corrected chi connectivity index (χ4v) is 2.69. The lowest BCUT2D eigenvalue weighted by Crippen LogP contribution is -2.24. The lowest BCUT2D eigenvalue weighted by Gasteiger charge is -2.09. The quantitative estimate of drug-likeness (QED) is 0.552. The third-order valence-electron chi connectivity index (χ3n) is 4.24. The summed E-state index contributed by atoms with van der Waals surface area (Å²) in [6.45, 7) is 5.89. The second kappa shape index (κ2) is 7.21. The van der Waals surface area contributed by atoms with Gasteiger partial charge < -0.3 is 9.72 Å². The first kappa shape index (κ1) is 16.8. The van der Waals surface area contributed by atoms with Gasteiger partial charge in [0.25, 0.3) is 5.91 Å². The van der Waals surface area contributed by atoms with E-state index in [9.17, 15) is 4.79 Å². The molecule has 0 radical (unpaired) electrons.